The summed E-state index contributed by atoms with van der Waals surface area (Å²) in [5.74, 6) is 0.995. The minimum absolute atomic E-state index is 0.0116. The molecule has 3 nitrogen and oxygen atoms in total. The van der Waals surface area contributed by atoms with Crippen LogP contribution in [0.25, 0.3) is 0 Å². The molecule has 0 spiro atoms. The van der Waals surface area contributed by atoms with Crippen LogP contribution in [-0.2, 0) is 0 Å². The molecule has 52 valence electrons. The third-order valence-electron chi connectivity index (χ3n) is 1.48. The van der Waals surface area contributed by atoms with Gasteiger partial charge < -0.3 is 10.3 Å². The Hall–Kier alpha value is -0.900. The second-order valence-electron chi connectivity index (χ2n) is 2.10. The first-order valence-corrected chi connectivity index (χ1v) is 3.53. The molecule has 0 aromatic carbocycles. The van der Waals surface area contributed by atoms with Crippen molar-refractivity contribution >= 4 is 24.8 Å². The molecular weight excluding hydrogens is 146 g/mol. The Kier molecular flexibility index (Phi) is 1.20. The average molecular weight is 153 g/mol. The van der Waals surface area contributed by atoms with Crippen LogP contribution in [0.1, 0.15) is 10.9 Å². The van der Waals surface area contributed by atoms with Gasteiger partial charge in [-0.3, -0.25) is 4.99 Å². The molecule has 4 heteroatoms. The molecule has 2 N–H and O–H groups in total. The van der Waals surface area contributed by atoms with Crippen molar-refractivity contribution in [2.24, 2.45) is 4.99 Å². The van der Waals surface area contributed by atoms with Crippen LogP contribution in [0.5, 0.6) is 0 Å². The first-order valence-electron chi connectivity index (χ1n) is 3.01. The Morgan fingerprint density at radius 3 is 3.30 bits per heavy atom. The lowest BCUT2D eigenvalue weighted by Crippen LogP contribution is -2.05. The summed E-state index contributed by atoms with van der Waals surface area (Å²) in [5.41, 5.74) is 1.10. The van der Waals surface area contributed by atoms with Gasteiger partial charge in [0.2, 0.25) is 0 Å². The van der Waals surface area contributed by atoms with Gasteiger partial charge in [0.25, 0.3) is 0 Å². The smallest absolute Gasteiger partial charge is 0.123 e. The second kappa shape index (κ2) is 2.05. The maximum atomic E-state index is 4.25. The summed E-state index contributed by atoms with van der Waals surface area (Å²) in [4.78, 5) is 7.09. The number of hydrogen-bond acceptors (Lipinski definition) is 3. The molecular formula is C6H7N3S. The summed E-state index contributed by atoms with van der Waals surface area (Å²) in [6, 6.07) is 1.97. The first kappa shape index (κ1) is 5.85. The Balaban J connectivity index is 2.48. The van der Waals surface area contributed by atoms with E-state index in [9.17, 15) is 0 Å². The fourth-order valence-corrected chi connectivity index (χ4v) is 1.26. The number of aliphatic imine (C=N–C) groups is 1. The summed E-state index contributed by atoms with van der Waals surface area (Å²) >= 11 is 4.25. The van der Waals surface area contributed by atoms with Crippen LogP contribution < -0.4 is 5.32 Å². The summed E-state index contributed by atoms with van der Waals surface area (Å²) < 4.78 is 0. The minimum Gasteiger partial charge on any atom is -0.348 e. The molecule has 1 aromatic heterocycles. The van der Waals surface area contributed by atoms with Gasteiger partial charge in [-0.1, -0.05) is 0 Å². The highest BCUT2D eigenvalue weighted by atomic mass is 32.1. The average Bonchev–Trinajstić information content (AvgIpc) is 2.36. The lowest BCUT2D eigenvalue weighted by molar-refractivity contribution is 1.04. The summed E-state index contributed by atoms with van der Waals surface area (Å²) in [6.07, 6.45) is 3.52. The molecule has 0 amide bonds. The third kappa shape index (κ3) is 0.724. The van der Waals surface area contributed by atoms with Gasteiger partial charge in [-0.05, 0) is 6.07 Å². The zero-order chi connectivity index (χ0) is 6.97. The highest BCUT2D eigenvalue weighted by molar-refractivity contribution is 7.80. The maximum absolute atomic E-state index is 4.25. The minimum atomic E-state index is -0.0116. The number of aromatic nitrogens is 1. The molecule has 10 heavy (non-hydrogen) atoms. The van der Waals surface area contributed by atoms with E-state index in [4.69, 9.17) is 0 Å². The largest absolute Gasteiger partial charge is 0.348 e. The van der Waals surface area contributed by atoms with E-state index < -0.39 is 0 Å². The van der Waals surface area contributed by atoms with Crippen molar-refractivity contribution in [3.05, 3.63) is 17.8 Å². The van der Waals surface area contributed by atoms with Gasteiger partial charge in [0.15, 0.2) is 0 Å². The lowest BCUT2D eigenvalue weighted by Gasteiger charge is -2.11. The topological polar surface area (TPSA) is 40.2 Å². The Bertz CT molecular complexity index is 266. The number of thiol groups is 1. The molecule has 1 aliphatic heterocycles. The molecule has 0 bridgehead atoms. The van der Waals surface area contributed by atoms with Gasteiger partial charge in [0.1, 0.15) is 11.2 Å². The monoisotopic (exact) mass is 153 g/mol. The maximum Gasteiger partial charge on any atom is 0.123 e. The second-order valence-corrected chi connectivity index (χ2v) is 2.59. The quantitative estimate of drug-likeness (QED) is 0.484. The molecule has 1 aliphatic rings. The van der Waals surface area contributed by atoms with Crippen LogP contribution in [0.3, 0.4) is 0 Å². The number of H-pyrrole nitrogens is 1. The van der Waals surface area contributed by atoms with Crippen LogP contribution in [0.15, 0.2) is 17.3 Å². The van der Waals surface area contributed by atoms with Gasteiger partial charge in [-0.15, -0.1) is 12.6 Å². The van der Waals surface area contributed by atoms with Gasteiger partial charge in [0, 0.05) is 11.8 Å². The molecule has 1 atom stereocenters. The van der Waals surface area contributed by atoms with Crippen molar-refractivity contribution in [3.8, 4) is 0 Å². The van der Waals surface area contributed by atoms with Crippen LogP contribution in [-0.4, -0.2) is 11.3 Å². The predicted molar refractivity (Wildman–Crippen MR) is 44.6 cm³/mol. The standard InChI is InChI=1S/C6H7N3S/c10-6-4-1-2-7-5(4)8-3-9-6/h1-3,6-7,10H,(H,8,9). The van der Waals surface area contributed by atoms with Crippen LogP contribution in [0.2, 0.25) is 0 Å². The molecule has 2 rings (SSSR count). The van der Waals surface area contributed by atoms with Gasteiger partial charge in [-0.2, -0.15) is 0 Å². The van der Waals surface area contributed by atoms with Gasteiger partial charge in [-0.25, -0.2) is 0 Å². The number of anilines is 1. The van der Waals surface area contributed by atoms with Gasteiger partial charge >= 0.3 is 0 Å². The van der Waals surface area contributed by atoms with E-state index >= 15 is 0 Å². The summed E-state index contributed by atoms with van der Waals surface area (Å²) in [6.45, 7) is 0. The molecule has 2 heterocycles. The van der Waals surface area contributed by atoms with E-state index in [0.717, 1.165) is 11.4 Å². The first-order chi connectivity index (χ1) is 4.88. The van der Waals surface area contributed by atoms with Crippen LogP contribution in [0.4, 0.5) is 5.82 Å². The number of nitrogens with zero attached hydrogens (tertiary/aromatic N) is 1. The molecule has 0 fully saturated rings. The predicted octanol–water partition coefficient (Wildman–Crippen LogP) is 1.40. The number of fused-ring (bicyclic) bond motifs is 1. The summed E-state index contributed by atoms with van der Waals surface area (Å²) in [5, 5.41) is 2.97. The van der Waals surface area contributed by atoms with E-state index in [1.807, 2.05) is 12.3 Å². The molecule has 1 aromatic rings. The SMILES string of the molecule is SC1N=CNc2[nH]ccc21. The zero-order valence-corrected chi connectivity index (χ0v) is 6.10. The number of nitrogens with one attached hydrogen (secondary N) is 2. The third-order valence-corrected chi connectivity index (χ3v) is 1.89. The normalized spacial score (nSPS) is 21.9. The molecule has 0 saturated carbocycles. The fraction of sp³-hybridized carbons (Fsp3) is 0.167. The number of hydrogen-bond donors (Lipinski definition) is 3. The van der Waals surface area contributed by atoms with E-state index in [-0.39, 0.29) is 5.37 Å². The van der Waals surface area contributed by atoms with E-state index in [1.54, 1.807) is 6.34 Å². The Morgan fingerprint density at radius 1 is 1.60 bits per heavy atom. The van der Waals surface area contributed by atoms with E-state index in [2.05, 4.69) is 27.9 Å². The molecule has 0 aliphatic carbocycles. The van der Waals surface area contributed by atoms with Crippen molar-refractivity contribution in [1.82, 2.24) is 4.98 Å². The van der Waals surface area contributed by atoms with Crippen molar-refractivity contribution in [1.29, 1.82) is 0 Å². The van der Waals surface area contributed by atoms with Crippen LogP contribution in [0, 0.1) is 0 Å². The highest BCUT2D eigenvalue weighted by Crippen LogP contribution is 2.29. The Labute approximate surface area is 64.0 Å². The van der Waals surface area contributed by atoms with Crippen molar-refractivity contribution in [2.45, 2.75) is 5.37 Å². The summed E-state index contributed by atoms with van der Waals surface area (Å²) in [7, 11) is 0. The fourth-order valence-electron chi connectivity index (χ4n) is 0.974. The van der Waals surface area contributed by atoms with Crippen molar-refractivity contribution in [3.63, 3.8) is 0 Å². The molecule has 1 unspecified atom stereocenters. The van der Waals surface area contributed by atoms with Crippen LogP contribution >= 0.6 is 12.6 Å². The Morgan fingerprint density at radius 2 is 2.50 bits per heavy atom. The molecule has 0 radical (unpaired) electrons. The lowest BCUT2D eigenvalue weighted by atomic mass is 10.3. The number of rotatable bonds is 0. The molecule has 0 saturated heterocycles. The van der Waals surface area contributed by atoms with Gasteiger partial charge in [0.05, 0.1) is 6.34 Å². The van der Waals surface area contributed by atoms with Crippen molar-refractivity contribution in [2.75, 3.05) is 5.32 Å². The highest BCUT2D eigenvalue weighted by Gasteiger charge is 2.12. The van der Waals surface area contributed by atoms with E-state index in [0.29, 0.717) is 0 Å². The van der Waals surface area contributed by atoms with Crippen molar-refractivity contribution < 1.29 is 0 Å². The van der Waals surface area contributed by atoms with E-state index in [1.165, 1.54) is 0 Å². The number of aromatic amines is 1. The zero-order valence-electron chi connectivity index (χ0n) is 5.20.